The normalized spacial score (nSPS) is 10.5. The molecule has 0 atom stereocenters. The zero-order valence-corrected chi connectivity index (χ0v) is 14.1. The topological polar surface area (TPSA) is 47.6 Å². The predicted octanol–water partition coefficient (Wildman–Crippen LogP) is 3.48. The van der Waals surface area contributed by atoms with Crippen LogP contribution in [-0.4, -0.2) is 19.1 Å². The molecule has 0 heterocycles. The fourth-order valence-corrected chi connectivity index (χ4v) is 2.25. The number of benzene rings is 2. The van der Waals surface area contributed by atoms with E-state index in [4.69, 9.17) is 9.47 Å². The fourth-order valence-electron chi connectivity index (χ4n) is 2.25. The van der Waals surface area contributed by atoms with Gasteiger partial charge in [-0.15, -0.1) is 0 Å². The fraction of sp³-hybridized carbons (Fsp3) is 0.316. The van der Waals surface area contributed by atoms with Gasteiger partial charge in [0.15, 0.2) is 11.5 Å². The lowest BCUT2D eigenvalue weighted by molar-refractivity contribution is -0.120. The first-order chi connectivity index (χ1) is 11.5. The monoisotopic (exact) mass is 331 g/mol. The summed E-state index contributed by atoms with van der Waals surface area (Å²) < 4.78 is 24.5. The minimum Gasteiger partial charge on any atom is -0.493 e. The Bertz CT molecular complexity index is 701. The zero-order valence-electron chi connectivity index (χ0n) is 14.1. The molecule has 0 aromatic heterocycles. The molecule has 0 aliphatic carbocycles. The molecule has 0 unspecified atom stereocenters. The van der Waals surface area contributed by atoms with Crippen molar-refractivity contribution in [2.45, 2.75) is 32.9 Å². The van der Waals surface area contributed by atoms with Gasteiger partial charge in [0.2, 0.25) is 5.91 Å². The molecule has 1 amide bonds. The van der Waals surface area contributed by atoms with Gasteiger partial charge in [-0.3, -0.25) is 4.79 Å². The second kappa shape index (κ2) is 8.34. The molecule has 0 aliphatic heterocycles. The van der Waals surface area contributed by atoms with E-state index in [1.54, 1.807) is 25.3 Å². The molecule has 2 aromatic carbocycles. The molecule has 1 N–H and O–H groups in total. The minimum absolute atomic E-state index is 0.0123. The first-order valence-corrected chi connectivity index (χ1v) is 7.83. The first-order valence-electron chi connectivity index (χ1n) is 7.83. The largest absolute Gasteiger partial charge is 0.493 e. The second-order valence-electron chi connectivity index (χ2n) is 5.70. The molecule has 0 aliphatic rings. The second-order valence-corrected chi connectivity index (χ2v) is 5.70. The van der Waals surface area contributed by atoms with Crippen molar-refractivity contribution in [1.82, 2.24) is 5.32 Å². The molecule has 0 radical (unpaired) electrons. The smallest absolute Gasteiger partial charge is 0.224 e. The van der Waals surface area contributed by atoms with Gasteiger partial charge < -0.3 is 14.8 Å². The molecule has 0 bridgehead atoms. The number of halogens is 1. The van der Waals surface area contributed by atoms with E-state index in [0.717, 1.165) is 5.56 Å². The van der Waals surface area contributed by atoms with Gasteiger partial charge in [0.1, 0.15) is 5.82 Å². The number of methoxy groups -OCH3 is 1. The summed E-state index contributed by atoms with van der Waals surface area (Å²) in [4.78, 5) is 12.0. The average molecular weight is 331 g/mol. The van der Waals surface area contributed by atoms with Crippen molar-refractivity contribution in [2.75, 3.05) is 7.11 Å². The van der Waals surface area contributed by atoms with Crippen LogP contribution >= 0.6 is 0 Å². The molecule has 2 rings (SSSR count). The van der Waals surface area contributed by atoms with Crippen LogP contribution in [-0.2, 0) is 17.8 Å². The van der Waals surface area contributed by atoms with Gasteiger partial charge in [0, 0.05) is 6.54 Å². The third kappa shape index (κ3) is 4.98. The van der Waals surface area contributed by atoms with E-state index in [-0.39, 0.29) is 24.2 Å². The highest BCUT2D eigenvalue weighted by atomic mass is 19.1. The Morgan fingerprint density at radius 1 is 1.17 bits per heavy atom. The molecule has 0 fully saturated rings. The molecule has 4 nitrogen and oxygen atoms in total. The summed E-state index contributed by atoms with van der Waals surface area (Å²) in [5, 5.41) is 2.78. The maximum Gasteiger partial charge on any atom is 0.224 e. The Kier molecular flexibility index (Phi) is 6.18. The SMILES string of the molecule is COc1cc(CNC(=O)Cc2ccccc2F)ccc1OC(C)C. The number of ether oxygens (including phenoxy) is 2. The number of hydrogen-bond acceptors (Lipinski definition) is 3. The summed E-state index contributed by atoms with van der Waals surface area (Å²) in [5.74, 6) is 0.671. The Labute approximate surface area is 141 Å². The predicted molar refractivity (Wildman–Crippen MR) is 90.7 cm³/mol. The third-order valence-corrected chi connectivity index (χ3v) is 3.39. The lowest BCUT2D eigenvalue weighted by Crippen LogP contribution is -2.25. The Hall–Kier alpha value is -2.56. The van der Waals surface area contributed by atoms with E-state index in [9.17, 15) is 9.18 Å². The van der Waals surface area contributed by atoms with Crippen molar-refractivity contribution < 1.29 is 18.7 Å². The Balaban J connectivity index is 1.96. The molecule has 0 saturated heterocycles. The van der Waals surface area contributed by atoms with E-state index in [0.29, 0.717) is 23.6 Å². The van der Waals surface area contributed by atoms with Crippen molar-refractivity contribution in [3.63, 3.8) is 0 Å². The van der Waals surface area contributed by atoms with E-state index in [1.165, 1.54) is 6.07 Å². The average Bonchev–Trinajstić information content (AvgIpc) is 2.55. The van der Waals surface area contributed by atoms with Gasteiger partial charge in [-0.2, -0.15) is 0 Å². The van der Waals surface area contributed by atoms with Gasteiger partial charge in [-0.1, -0.05) is 24.3 Å². The van der Waals surface area contributed by atoms with Crippen LogP contribution < -0.4 is 14.8 Å². The molecule has 24 heavy (non-hydrogen) atoms. The van der Waals surface area contributed by atoms with Crippen molar-refractivity contribution in [3.05, 3.63) is 59.4 Å². The van der Waals surface area contributed by atoms with Crippen LogP contribution in [0, 0.1) is 5.82 Å². The van der Waals surface area contributed by atoms with Crippen LogP contribution in [0.4, 0.5) is 4.39 Å². The van der Waals surface area contributed by atoms with Gasteiger partial charge >= 0.3 is 0 Å². The Morgan fingerprint density at radius 2 is 1.92 bits per heavy atom. The quantitative estimate of drug-likeness (QED) is 0.845. The standard InChI is InChI=1S/C19H22FNO3/c1-13(2)24-17-9-8-14(10-18(17)23-3)12-21-19(22)11-15-6-4-5-7-16(15)20/h4-10,13H,11-12H2,1-3H3,(H,21,22). The molecular weight excluding hydrogens is 309 g/mol. The number of carbonyl (C=O) groups is 1. The van der Waals surface area contributed by atoms with E-state index in [1.807, 2.05) is 32.0 Å². The highest BCUT2D eigenvalue weighted by Gasteiger charge is 2.10. The summed E-state index contributed by atoms with van der Waals surface area (Å²) in [7, 11) is 1.57. The first kappa shape index (κ1) is 17.8. The Morgan fingerprint density at radius 3 is 2.58 bits per heavy atom. The summed E-state index contributed by atoms with van der Waals surface area (Å²) in [5.41, 5.74) is 1.26. The van der Waals surface area contributed by atoms with Crippen LogP contribution in [0.5, 0.6) is 11.5 Å². The molecule has 128 valence electrons. The van der Waals surface area contributed by atoms with Crippen LogP contribution in [0.1, 0.15) is 25.0 Å². The lowest BCUT2D eigenvalue weighted by atomic mass is 10.1. The third-order valence-electron chi connectivity index (χ3n) is 3.39. The number of rotatable bonds is 7. The van der Waals surface area contributed by atoms with Gasteiger partial charge in [-0.25, -0.2) is 4.39 Å². The van der Waals surface area contributed by atoms with Gasteiger partial charge in [-0.05, 0) is 43.2 Å². The van der Waals surface area contributed by atoms with E-state index in [2.05, 4.69) is 5.32 Å². The van der Waals surface area contributed by atoms with Crippen LogP contribution in [0.15, 0.2) is 42.5 Å². The van der Waals surface area contributed by atoms with Crippen LogP contribution in [0.2, 0.25) is 0 Å². The van der Waals surface area contributed by atoms with Crippen molar-refractivity contribution >= 4 is 5.91 Å². The number of hydrogen-bond donors (Lipinski definition) is 1. The number of amides is 1. The van der Waals surface area contributed by atoms with E-state index < -0.39 is 0 Å². The van der Waals surface area contributed by atoms with Crippen molar-refractivity contribution in [1.29, 1.82) is 0 Å². The highest BCUT2D eigenvalue weighted by Crippen LogP contribution is 2.28. The maximum atomic E-state index is 13.6. The summed E-state index contributed by atoms with van der Waals surface area (Å²) >= 11 is 0. The highest BCUT2D eigenvalue weighted by molar-refractivity contribution is 5.78. The van der Waals surface area contributed by atoms with Crippen molar-refractivity contribution in [2.24, 2.45) is 0 Å². The van der Waals surface area contributed by atoms with Crippen LogP contribution in [0.3, 0.4) is 0 Å². The summed E-state index contributed by atoms with van der Waals surface area (Å²) in [6.45, 7) is 4.22. The molecule has 0 saturated carbocycles. The molecule has 0 spiro atoms. The van der Waals surface area contributed by atoms with Gasteiger partial charge in [0.25, 0.3) is 0 Å². The lowest BCUT2D eigenvalue weighted by Gasteiger charge is -2.14. The van der Waals surface area contributed by atoms with Gasteiger partial charge in [0.05, 0.1) is 19.6 Å². The molecule has 5 heteroatoms. The molecule has 2 aromatic rings. The zero-order chi connectivity index (χ0) is 17.5. The maximum absolute atomic E-state index is 13.6. The number of carbonyl (C=O) groups excluding carboxylic acids is 1. The van der Waals surface area contributed by atoms with E-state index >= 15 is 0 Å². The number of nitrogens with one attached hydrogen (secondary N) is 1. The van der Waals surface area contributed by atoms with Crippen LogP contribution in [0.25, 0.3) is 0 Å². The minimum atomic E-state index is -0.371. The summed E-state index contributed by atoms with van der Waals surface area (Å²) in [6.07, 6.45) is 0.0588. The summed E-state index contributed by atoms with van der Waals surface area (Å²) in [6, 6.07) is 11.8. The molecular formula is C19H22FNO3. The van der Waals surface area contributed by atoms with Crippen molar-refractivity contribution in [3.8, 4) is 11.5 Å².